The summed E-state index contributed by atoms with van der Waals surface area (Å²) in [6.07, 6.45) is 1.81. The molecule has 0 aliphatic carbocycles. The van der Waals surface area contributed by atoms with Crippen molar-refractivity contribution in [3.05, 3.63) is 101 Å². The monoisotopic (exact) mass is 456 g/mol. The highest BCUT2D eigenvalue weighted by Gasteiger charge is 2.33. The van der Waals surface area contributed by atoms with E-state index in [1.807, 2.05) is 60.7 Å². The average molecular weight is 457 g/mol. The molecular formula is C22H18NO6S2+. The number of fused-ring (bicyclic) bond motifs is 1. The Hall–Kier alpha value is -3.27. The van der Waals surface area contributed by atoms with Crippen LogP contribution in [0.2, 0.25) is 0 Å². The largest absolute Gasteiger partial charge is 0.496 e. The minimum absolute atomic E-state index is 0.136. The van der Waals surface area contributed by atoms with Gasteiger partial charge in [-0.25, -0.2) is 0 Å². The summed E-state index contributed by atoms with van der Waals surface area (Å²) in [4.78, 5) is 14.0. The molecule has 1 aliphatic rings. The Morgan fingerprint density at radius 2 is 1.55 bits per heavy atom. The summed E-state index contributed by atoms with van der Waals surface area (Å²) >= 11 is 0. The Morgan fingerprint density at radius 1 is 0.903 bits per heavy atom. The molecule has 0 aromatic heterocycles. The number of methoxy groups -OCH3 is 1. The molecule has 31 heavy (non-hydrogen) atoms. The van der Waals surface area contributed by atoms with E-state index in [0.717, 1.165) is 17.2 Å². The molecule has 0 saturated heterocycles. The number of hydrogen-bond acceptors (Lipinski definition) is 5. The zero-order valence-corrected chi connectivity index (χ0v) is 18.0. The number of allylic oxidation sites excluding steroid dienone is 1. The van der Waals surface area contributed by atoms with Crippen LogP contribution in [-0.4, -0.2) is 29.9 Å². The second-order valence-electron chi connectivity index (χ2n) is 6.48. The van der Waals surface area contributed by atoms with E-state index in [0.29, 0.717) is 15.5 Å². The van der Waals surface area contributed by atoms with Crippen LogP contribution >= 0.6 is 10.8 Å². The summed E-state index contributed by atoms with van der Waals surface area (Å²) < 4.78 is 44.3. The first-order valence-electron chi connectivity index (χ1n) is 9.14. The molecule has 0 saturated carbocycles. The highest BCUT2D eigenvalue weighted by molar-refractivity contribution is 8.12. The van der Waals surface area contributed by atoms with E-state index < -0.39 is 25.8 Å². The molecule has 158 valence electrons. The second-order valence-corrected chi connectivity index (χ2v) is 9.44. The number of para-hydroxylation sites is 1. The molecule has 1 unspecified atom stereocenters. The van der Waals surface area contributed by atoms with Crippen LogP contribution in [0.4, 0.5) is 5.69 Å². The standard InChI is InChI=1S/C22H17NO6S2/c1-28-19-15-21(16-9-3-2-4-10-16)30(20-13-7-5-11-17(19)20)29-23(24)18-12-6-8-14-22(18)31(25,26)27/h2-15H,1H3/p+1. The van der Waals surface area contributed by atoms with E-state index in [4.69, 9.17) is 9.02 Å². The molecule has 1 atom stereocenters. The summed E-state index contributed by atoms with van der Waals surface area (Å²) in [5.74, 6) is 0.623. The van der Waals surface area contributed by atoms with Crippen LogP contribution in [0.3, 0.4) is 0 Å². The normalized spacial score (nSPS) is 15.6. The molecule has 9 heteroatoms. The molecule has 0 radical (unpaired) electrons. The molecule has 4 rings (SSSR count). The Bertz CT molecular complexity index is 1330. The molecule has 0 fully saturated rings. The summed E-state index contributed by atoms with van der Waals surface area (Å²) in [7, 11) is -4.25. The summed E-state index contributed by atoms with van der Waals surface area (Å²) in [6, 6.07) is 22.1. The van der Waals surface area contributed by atoms with Gasteiger partial charge in [0.2, 0.25) is 0 Å². The Balaban J connectivity index is 1.89. The van der Waals surface area contributed by atoms with Gasteiger partial charge in [0.25, 0.3) is 4.92 Å². The first kappa shape index (κ1) is 21.0. The van der Waals surface area contributed by atoms with Gasteiger partial charge >= 0.3 is 15.8 Å². The molecule has 0 bridgehead atoms. The third kappa shape index (κ3) is 4.15. The zero-order valence-electron chi connectivity index (χ0n) is 16.3. The Morgan fingerprint density at radius 3 is 2.26 bits per heavy atom. The molecule has 1 aliphatic heterocycles. The van der Waals surface area contributed by atoms with Crippen LogP contribution in [-0.2, 0) is 19.1 Å². The maximum absolute atomic E-state index is 13.0. The van der Waals surface area contributed by atoms with E-state index in [1.54, 1.807) is 7.11 Å². The van der Waals surface area contributed by atoms with Crippen LogP contribution in [0, 0.1) is 4.91 Å². The smallest absolute Gasteiger partial charge is 0.338 e. The van der Waals surface area contributed by atoms with Crippen molar-refractivity contribution in [3.8, 4) is 0 Å². The lowest BCUT2D eigenvalue weighted by atomic mass is 10.1. The summed E-state index contributed by atoms with van der Waals surface area (Å²) in [5.41, 5.74) is 1.28. The van der Waals surface area contributed by atoms with Crippen LogP contribution in [0.15, 0.2) is 94.7 Å². The SMILES string of the molecule is COC1=CC(c2ccccc2)=S(O[N+](=O)c2ccccc2S(=O)(=O)O)c2ccccc21. The van der Waals surface area contributed by atoms with E-state index in [-0.39, 0.29) is 10.6 Å². The van der Waals surface area contributed by atoms with Gasteiger partial charge in [0, 0.05) is 11.6 Å². The minimum Gasteiger partial charge on any atom is -0.496 e. The van der Waals surface area contributed by atoms with Gasteiger partial charge in [-0.05, 0) is 23.8 Å². The van der Waals surface area contributed by atoms with Crippen LogP contribution in [0.25, 0.3) is 5.76 Å². The van der Waals surface area contributed by atoms with Crippen molar-refractivity contribution >= 4 is 37.2 Å². The zero-order chi connectivity index (χ0) is 22.0. The van der Waals surface area contributed by atoms with E-state index in [2.05, 4.69) is 0 Å². The topological polar surface area (TPSA) is 92.9 Å². The molecular weight excluding hydrogens is 438 g/mol. The lowest BCUT2D eigenvalue weighted by Crippen LogP contribution is -2.12. The van der Waals surface area contributed by atoms with Gasteiger partial charge in [-0.2, -0.15) is 12.7 Å². The van der Waals surface area contributed by atoms with Crippen molar-refractivity contribution in [2.45, 2.75) is 9.79 Å². The van der Waals surface area contributed by atoms with Gasteiger partial charge in [-0.3, -0.25) is 4.55 Å². The van der Waals surface area contributed by atoms with Gasteiger partial charge in [-0.1, -0.05) is 60.7 Å². The van der Waals surface area contributed by atoms with Crippen molar-refractivity contribution in [2.24, 2.45) is 0 Å². The van der Waals surface area contributed by atoms with E-state index >= 15 is 0 Å². The Kier molecular flexibility index (Phi) is 5.73. The number of rotatable bonds is 6. The predicted molar refractivity (Wildman–Crippen MR) is 118 cm³/mol. The first-order chi connectivity index (χ1) is 14.9. The fraction of sp³-hybridized carbons (Fsp3) is 0.0455. The van der Waals surface area contributed by atoms with Crippen molar-refractivity contribution < 1.29 is 26.9 Å². The average Bonchev–Trinajstić information content (AvgIpc) is 2.79. The van der Waals surface area contributed by atoms with Gasteiger partial charge in [0.1, 0.15) is 16.5 Å². The minimum atomic E-state index is -4.62. The predicted octanol–water partition coefficient (Wildman–Crippen LogP) is 4.74. The lowest BCUT2D eigenvalue weighted by Gasteiger charge is -2.20. The second kappa shape index (κ2) is 8.46. The van der Waals surface area contributed by atoms with Crippen molar-refractivity contribution in [1.29, 1.82) is 0 Å². The summed E-state index contributed by atoms with van der Waals surface area (Å²) in [5, 5.41) is 0. The number of nitrogens with zero attached hydrogens (tertiary/aromatic N) is 1. The molecule has 0 spiro atoms. The summed E-state index contributed by atoms with van der Waals surface area (Å²) in [6.45, 7) is 0. The van der Waals surface area contributed by atoms with E-state index in [1.165, 1.54) is 18.2 Å². The molecule has 7 nitrogen and oxygen atoms in total. The van der Waals surface area contributed by atoms with Crippen molar-refractivity contribution in [3.63, 3.8) is 0 Å². The van der Waals surface area contributed by atoms with Crippen LogP contribution in [0.1, 0.15) is 11.1 Å². The molecule has 3 aromatic rings. The maximum Gasteiger partial charge on any atom is 0.338 e. The van der Waals surface area contributed by atoms with Crippen molar-refractivity contribution in [2.75, 3.05) is 7.11 Å². The van der Waals surface area contributed by atoms with Gasteiger partial charge in [-0.15, -0.1) is 0 Å². The fourth-order valence-electron chi connectivity index (χ4n) is 3.18. The van der Waals surface area contributed by atoms with Crippen LogP contribution < -0.4 is 0 Å². The van der Waals surface area contributed by atoms with E-state index in [9.17, 15) is 17.9 Å². The third-order valence-electron chi connectivity index (χ3n) is 4.57. The lowest BCUT2D eigenvalue weighted by molar-refractivity contribution is -0.696. The van der Waals surface area contributed by atoms with Crippen LogP contribution in [0.5, 0.6) is 0 Å². The maximum atomic E-state index is 13.0. The fourth-order valence-corrected chi connectivity index (χ4v) is 5.58. The molecule has 3 aromatic carbocycles. The quantitative estimate of drug-likeness (QED) is 0.327. The molecule has 1 N–H and O–H groups in total. The third-order valence-corrected chi connectivity index (χ3v) is 7.27. The Labute approximate surface area is 182 Å². The van der Waals surface area contributed by atoms with Gasteiger partial charge < -0.3 is 4.74 Å². The first-order valence-corrected chi connectivity index (χ1v) is 11.7. The molecule has 1 heterocycles. The number of benzene rings is 3. The number of ether oxygens (including phenoxy) is 1. The molecule has 0 amide bonds. The van der Waals surface area contributed by atoms with Gasteiger partial charge in [0.15, 0.2) is 4.90 Å². The number of hydrogen-bond donors (Lipinski definition) is 1. The highest BCUT2D eigenvalue weighted by atomic mass is 32.2. The highest BCUT2D eigenvalue weighted by Crippen LogP contribution is 2.43. The van der Waals surface area contributed by atoms with Gasteiger partial charge in [0.05, 0.1) is 21.8 Å². The van der Waals surface area contributed by atoms with Crippen molar-refractivity contribution in [1.82, 2.24) is 0 Å².